The van der Waals surface area contributed by atoms with Crippen molar-refractivity contribution >= 4 is 11.6 Å². The van der Waals surface area contributed by atoms with Crippen molar-refractivity contribution in [3.8, 4) is 0 Å². The molecule has 2 N–H and O–H groups in total. The molecule has 0 saturated heterocycles. The third-order valence-electron chi connectivity index (χ3n) is 6.44. The second-order valence-electron chi connectivity index (χ2n) is 8.09. The molecule has 5 heteroatoms. The van der Waals surface area contributed by atoms with Crippen molar-refractivity contribution in [3.63, 3.8) is 0 Å². The van der Waals surface area contributed by atoms with Gasteiger partial charge in [0.25, 0.3) is 0 Å². The summed E-state index contributed by atoms with van der Waals surface area (Å²) in [4.78, 5) is 14.8. The number of rotatable bonds is 1. The zero-order valence-electron chi connectivity index (χ0n) is 15.3. The van der Waals surface area contributed by atoms with Crippen LogP contribution in [0.1, 0.15) is 50.6 Å². The lowest BCUT2D eigenvalue weighted by atomic mass is 9.77. The normalized spacial score (nSPS) is 26.2. The second-order valence-corrected chi connectivity index (χ2v) is 8.09. The summed E-state index contributed by atoms with van der Waals surface area (Å²) >= 11 is 0. The number of allylic oxidation sites excluding steroid dienone is 3. The highest BCUT2D eigenvalue weighted by Crippen LogP contribution is 2.52. The zero-order chi connectivity index (χ0) is 17.5. The predicted octanol–water partition coefficient (Wildman–Crippen LogP) is 3.02. The van der Waals surface area contributed by atoms with E-state index in [9.17, 15) is 4.79 Å². The van der Waals surface area contributed by atoms with E-state index in [1.54, 1.807) is 0 Å². The third kappa shape index (κ3) is 1.73. The largest absolute Gasteiger partial charge is 0.357 e. The molecule has 0 spiro atoms. The molecule has 130 valence electrons. The number of nitrogens with zero attached hydrogens (tertiary/aromatic N) is 2. The maximum Gasteiger partial charge on any atom is 0.236 e. The Hall–Kier alpha value is -2.30. The van der Waals surface area contributed by atoms with Crippen LogP contribution in [0.5, 0.6) is 0 Å². The summed E-state index contributed by atoms with van der Waals surface area (Å²) in [5.41, 5.74) is 9.52. The first-order valence-electron chi connectivity index (χ1n) is 9.25. The highest BCUT2D eigenvalue weighted by Gasteiger charge is 2.49. The van der Waals surface area contributed by atoms with Gasteiger partial charge in [0.2, 0.25) is 5.91 Å². The third-order valence-corrected chi connectivity index (χ3v) is 6.44. The van der Waals surface area contributed by atoms with Gasteiger partial charge in [0.05, 0.1) is 11.1 Å². The Kier molecular flexibility index (Phi) is 2.79. The van der Waals surface area contributed by atoms with Gasteiger partial charge in [0.15, 0.2) is 0 Å². The number of aryl methyl sites for hydroxylation is 1. The lowest BCUT2D eigenvalue weighted by Crippen LogP contribution is -2.33. The quantitative estimate of drug-likeness (QED) is 0.829. The van der Waals surface area contributed by atoms with E-state index in [-0.39, 0.29) is 5.91 Å². The van der Waals surface area contributed by atoms with Crippen LogP contribution in [0.4, 0.5) is 0 Å². The van der Waals surface area contributed by atoms with Crippen molar-refractivity contribution in [1.82, 2.24) is 20.4 Å². The Bertz CT molecular complexity index is 912. The van der Waals surface area contributed by atoms with Crippen molar-refractivity contribution in [3.05, 3.63) is 45.6 Å². The first-order chi connectivity index (χ1) is 11.9. The van der Waals surface area contributed by atoms with Crippen molar-refractivity contribution in [2.75, 3.05) is 6.54 Å². The fourth-order valence-corrected chi connectivity index (χ4v) is 5.03. The minimum Gasteiger partial charge on any atom is -0.357 e. The molecule has 1 atom stereocenters. The standard InChI is InChI=1S/C20H24N4O/c1-5-24-16-8-13-12-7-6-11-10(2)22-23-18(11)17(12)21-15(13)9-14(16)20(3,4)19(24)25/h9,13,21H,5-8H2,1-4H3,(H,22,23). The molecule has 1 unspecified atom stereocenters. The number of H-pyrrole nitrogens is 1. The first kappa shape index (κ1) is 15.0. The minimum atomic E-state index is -0.428. The summed E-state index contributed by atoms with van der Waals surface area (Å²) in [6, 6.07) is 0. The van der Waals surface area contributed by atoms with Gasteiger partial charge < -0.3 is 10.2 Å². The van der Waals surface area contributed by atoms with E-state index < -0.39 is 5.41 Å². The maximum absolute atomic E-state index is 12.8. The molecule has 1 aromatic rings. The van der Waals surface area contributed by atoms with Crippen LogP contribution >= 0.6 is 0 Å². The summed E-state index contributed by atoms with van der Waals surface area (Å²) in [6.07, 6.45) is 5.29. The van der Waals surface area contributed by atoms with E-state index in [0.29, 0.717) is 5.92 Å². The number of carbonyl (C=O) groups is 1. The molecule has 0 radical (unpaired) electrons. The van der Waals surface area contributed by atoms with Crippen LogP contribution in [0, 0.1) is 18.3 Å². The Labute approximate surface area is 147 Å². The molecule has 0 aromatic carbocycles. The molecule has 2 aliphatic carbocycles. The molecule has 5 nitrogen and oxygen atoms in total. The van der Waals surface area contributed by atoms with Crippen LogP contribution in [0.15, 0.2) is 28.6 Å². The van der Waals surface area contributed by atoms with Crippen LogP contribution in [0.25, 0.3) is 5.70 Å². The topological polar surface area (TPSA) is 61.0 Å². The summed E-state index contributed by atoms with van der Waals surface area (Å²) in [6.45, 7) is 9.02. The molecule has 1 aromatic heterocycles. The molecule has 0 fully saturated rings. The number of aromatic nitrogens is 2. The van der Waals surface area contributed by atoms with Gasteiger partial charge in [0, 0.05) is 41.5 Å². The number of amides is 1. The molecule has 1 amide bonds. The number of hydrogen-bond donors (Lipinski definition) is 2. The predicted molar refractivity (Wildman–Crippen MR) is 96.1 cm³/mol. The zero-order valence-corrected chi connectivity index (χ0v) is 15.3. The maximum atomic E-state index is 12.8. The first-order valence-corrected chi connectivity index (χ1v) is 9.25. The lowest BCUT2D eigenvalue weighted by Gasteiger charge is -2.26. The van der Waals surface area contributed by atoms with Crippen LogP contribution < -0.4 is 5.32 Å². The van der Waals surface area contributed by atoms with E-state index in [1.165, 1.54) is 39.5 Å². The van der Waals surface area contributed by atoms with E-state index in [2.05, 4.69) is 49.3 Å². The highest BCUT2D eigenvalue weighted by atomic mass is 16.2. The summed E-state index contributed by atoms with van der Waals surface area (Å²) in [5.74, 6) is 0.606. The Morgan fingerprint density at radius 3 is 2.92 bits per heavy atom. The van der Waals surface area contributed by atoms with E-state index in [4.69, 9.17) is 0 Å². The average Bonchev–Trinajstić information content (AvgIpc) is 3.19. The van der Waals surface area contributed by atoms with Crippen LogP contribution in [0.3, 0.4) is 0 Å². The molecule has 3 heterocycles. The molecule has 2 aliphatic heterocycles. The number of fused-ring (bicyclic) bond motifs is 4. The van der Waals surface area contributed by atoms with E-state index in [0.717, 1.165) is 31.5 Å². The highest BCUT2D eigenvalue weighted by molar-refractivity contribution is 5.92. The van der Waals surface area contributed by atoms with Crippen LogP contribution in [0.2, 0.25) is 0 Å². The average molecular weight is 336 g/mol. The molecule has 0 saturated carbocycles. The van der Waals surface area contributed by atoms with Gasteiger partial charge in [0.1, 0.15) is 5.69 Å². The van der Waals surface area contributed by atoms with Gasteiger partial charge in [-0.2, -0.15) is 5.10 Å². The Balaban J connectivity index is 1.59. The number of carbonyl (C=O) groups excluding carboxylic acids is 1. The monoisotopic (exact) mass is 336 g/mol. The van der Waals surface area contributed by atoms with E-state index in [1.807, 2.05) is 4.90 Å². The van der Waals surface area contributed by atoms with E-state index >= 15 is 0 Å². The summed E-state index contributed by atoms with van der Waals surface area (Å²) in [5, 5.41) is 11.3. The molecule has 0 bridgehead atoms. The van der Waals surface area contributed by atoms with Crippen LogP contribution in [-0.2, 0) is 11.2 Å². The van der Waals surface area contributed by atoms with Gasteiger partial charge in [-0.3, -0.25) is 9.89 Å². The second kappa shape index (κ2) is 4.65. The molecule has 25 heavy (non-hydrogen) atoms. The van der Waals surface area contributed by atoms with Gasteiger partial charge in [-0.15, -0.1) is 0 Å². The molecule has 4 aliphatic rings. The van der Waals surface area contributed by atoms with Crippen molar-refractivity contribution in [2.24, 2.45) is 11.3 Å². The van der Waals surface area contributed by atoms with Crippen molar-refractivity contribution < 1.29 is 4.79 Å². The van der Waals surface area contributed by atoms with Gasteiger partial charge in [-0.05, 0) is 57.8 Å². The smallest absolute Gasteiger partial charge is 0.236 e. The Morgan fingerprint density at radius 2 is 2.16 bits per heavy atom. The summed E-state index contributed by atoms with van der Waals surface area (Å²) < 4.78 is 0. The lowest BCUT2D eigenvalue weighted by molar-refractivity contribution is -0.133. The van der Waals surface area contributed by atoms with Crippen molar-refractivity contribution in [2.45, 2.75) is 47.0 Å². The molecule has 5 rings (SSSR count). The van der Waals surface area contributed by atoms with Gasteiger partial charge >= 0.3 is 0 Å². The summed E-state index contributed by atoms with van der Waals surface area (Å²) in [7, 11) is 0. The fourth-order valence-electron chi connectivity index (χ4n) is 5.03. The van der Waals surface area contributed by atoms with Crippen LogP contribution in [-0.4, -0.2) is 27.5 Å². The number of nitrogens with one attached hydrogen (secondary N) is 2. The fraction of sp³-hybridized carbons (Fsp3) is 0.500. The molecular formula is C20H24N4O. The number of hydrogen-bond acceptors (Lipinski definition) is 3. The number of aromatic amines is 1. The SMILES string of the molecule is CCN1C(=O)C(C)(C)C2=C1CC1C(=C2)NC2=C1CCc1c2n[nH]c1C. The molecular weight excluding hydrogens is 312 g/mol. The minimum absolute atomic E-state index is 0.236. The Morgan fingerprint density at radius 1 is 1.36 bits per heavy atom. The van der Waals surface area contributed by atoms with Gasteiger partial charge in [-0.1, -0.05) is 0 Å². The van der Waals surface area contributed by atoms with Gasteiger partial charge in [-0.25, -0.2) is 0 Å². The van der Waals surface area contributed by atoms with Crippen molar-refractivity contribution in [1.29, 1.82) is 0 Å².